The third kappa shape index (κ3) is 2.83. The van der Waals surface area contributed by atoms with Crippen molar-refractivity contribution in [3.8, 4) is 0 Å². The predicted molar refractivity (Wildman–Crippen MR) is 120 cm³/mol. The largest absolute Gasteiger partial charge is 0.458 e. The lowest BCUT2D eigenvalue weighted by Gasteiger charge is -2.54. The molecular weight excluding hydrogens is 420 g/mol. The molecule has 0 amide bonds. The summed E-state index contributed by atoms with van der Waals surface area (Å²) in [4.78, 5) is 25.4. The number of carbonyl (C=O) groups excluding carboxylic acids is 2. The minimum Gasteiger partial charge on any atom is -0.458 e. The first-order chi connectivity index (χ1) is 15.7. The van der Waals surface area contributed by atoms with Crippen LogP contribution in [0.1, 0.15) is 59.3 Å². The molecule has 2 aliphatic heterocycles. The zero-order chi connectivity index (χ0) is 23.3. The second-order valence-electron chi connectivity index (χ2n) is 12.0. The van der Waals surface area contributed by atoms with E-state index in [1.807, 2.05) is 6.92 Å². The monoisotopic (exact) mass is 456 g/mol. The Hall–Kier alpha value is -1.50. The van der Waals surface area contributed by atoms with E-state index in [-0.39, 0.29) is 53.7 Å². The molecule has 0 aromatic rings. The van der Waals surface area contributed by atoms with Crippen molar-refractivity contribution < 1.29 is 29.3 Å². The number of esters is 1. The summed E-state index contributed by atoms with van der Waals surface area (Å²) in [5, 5.41) is 20.2. The lowest BCUT2D eigenvalue weighted by molar-refractivity contribution is -0.152. The minimum atomic E-state index is -0.670. The van der Waals surface area contributed by atoms with E-state index in [0.717, 1.165) is 37.7 Å². The van der Waals surface area contributed by atoms with Gasteiger partial charge in [0.25, 0.3) is 0 Å². The van der Waals surface area contributed by atoms with Crippen LogP contribution in [0.25, 0.3) is 0 Å². The Bertz CT molecular complexity index is 952. The number of rotatable bonds is 3. The Balaban J connectivity index is 1.24. The number of hydrogen-bond donors (Lipinski definition) is 2. The summed E-state index contributed by atoms with van der Waals surface area (Å²) in [6.07, 6.45) is 8.36. The molecule has 0 aromatic carbocycles. The van der Waals surface area contributed by atoms with Crippen molar-refractivity contribution in [2.75, 3.05) is 6.61 Å². The maximum absolute atomic E-state index is 13.0. The fourth-order valence-electron chi connectivity index (χ4n) is 9.19. The molecule has 3 saturated carbocycles. The van der Waals surface area contributed by atoms with Crippen molar-refractivity contribution >= 4 is 11.8 Å². The number of carbonyl (C=O) groups is 2. The molecule has 6 nitrogen and oxygen atoms in total. The fourth-order valence-corrected chi connectivity index (χ4v) is 9.19. The number of aliphatic hydroxyl groups excluding tert-OH is 2. The summed E-state index contributed by atoms with van der Waals surface area (Å²) >= 11 is 0. The second kappa shape index (κ2) is 7.25. The van der Waals surface area contributed by atoms with E-state index < -0.39 is 11.7 Å². The highest BCUT2D eigenvalue weighted by Gasteiger charge is 2.75. The normalized spacial score (nSPS) is 51.3. The third-order valence-electron chi connectivity index (χ3n) is 10.9. The van der Waals surface area contributed by atoms with Crippen molar-refractivity contribution in [1.82, 2.24) is 0 Å². The summed E-state index contributed by atoms with van der Waals surface area (Å²) < 4.78 is 12.0. The smallest absolute Gasteiger partial charge is 0.336 e. The lowest BCUT2D eigenvalue weighted by atomic mass is 9.49. The van der Waals surface area contributed by atoms with Gasteiger partial charge in [-0.2, -0.15) is 0 Å². The van der Waals surface area contributed by atoms with Gasteiger partial charge in [-0.05, 0) is 86.2 Å². The van der Waals surface area contributed by atoms with E-state index in [2.05, 4.69) is 13.8 Å². The zero-order valence-electron chi connectivity index (χ0n) is 19.8. The number of ether oxygens (including phenoxy) is 2. The molecule has 4 aliphatic carbocycles. The molecule has 6 aliphatic rings. The minimum absolute atomic E-state index is 0.00420. The Morgan fingerprint density at radius 2 is 2.00 bits per heavy atom. The van der Waals surface area contributed by atoms with Crippen molar-refractivity contribution in [1.29, 1.82) is 0 Å². The van der Waals surface area contributed by atoms with Gasteiger partial charge in [-0.1, -0.05) is 19.4 Å². The van der Waals surface area contributed by atoms with Crippen LogP contribution < -0.4 is 0 Å². The van der Waals surface area contributed by atoms with Gasteiger partial charge < -0.3 is 19.7 Å². The standard InChI is InChI=1S/C27H36O6/c1-13-10-21(32-25(31)17(13)12-28)14(2)18-4-5-19-16-11-23-27(33-23)22(30)7-6-20(29)24(27)15(16)8-9-26(18,19)3/h6-7,14-16,18-19,21-24,28,30H,4-5,8-12H2,1-3H3. The van der Waals surface area contributed by atoms with E-state index in [1.54, 1.807) is 12.2 Å². The molecule has 180 valence electrons. The third-order valence-corrected chi connectivity index (χ3v) is 10.9. The summed E-state index contributed by atoms with van der Waals surface area (Å²) in [7, 11) is 0. The van der Waals surface area contributed by atoms with Gasteiger partial charge in [0.05, 0.1) is 24.2 Å². The van der Waals surface area contributed by atoms with Crippen LogP contribution >= 0.6 is 0 Å². The molecule has 6 rings (SSSR count). The zero-order valence-corrected chi connectivity index (χ0v) is 19.8. The van der Waals surface area contributed by atoms with E-state index >= 15 is 0 Å². The van der Waals surface area contributed by atoms with Crippen LogP contribution in [0.2, 0.25) is 0 Å². The Morgan fingerprint density at radius 3 is 2.73 bits per heavy atom. The first kappa shape index (κ1) is 22.0. The summed E-state index contributed by atoms with van der Waals surface area (Å²) in [6.45, 7) is 6.35. The van der Waals surface area contributed by atoms with Crippen LogP contribution in [0.5, 0.6) is 0 Å². The highest BCUT2D eigenvalue weighted by Crippen LogP contribution is 2.69. The SMILES string of the molecule is CC1=C(CO)C(=O)OC(C(C)C2CCC3C4CC5OC56C(O)C=CC(=O)C6C4CCC23C)C1. The number of aliphatic hydroxyl groups is 2. The van der Waals surface area contributed by atoms with Gasteiger partial charge in [0, 0.05) is 6.42 Å². The maximum Gasteiger partial charge on any atom is 0.336 e. The van der Waals surface area contributed by atoms with Gasteiger partial charge in [-0.15, -0.1) is 0 Å². The molecule has 1 spiro atoms. The molecule has 0 aromatic heterocycles. The molecule has 2 N–H and O–H groups in total. The molecule has 11 unspecified atom stereocenters. The topological polar surface area (TPSA) is 96.4 Å². The average Bonchev–Trinajstić information content (AvgIpc) is 3.40. The Labute approximate surface area is 195 Å². The van der Waals surface area contributed by atoms with Gasteiger partial charge in [0.15, 0.2) is 5.78 Å². The van der Waals surface area contributed by atoms with Crippen LogP contribution in [-0.2, 0) is 19.1 Å². The van der Waals surface area contributed by atoms with Crippen molar-refractivity contribution in [3.63, 3.8) is 0 Å². The van der Waals surface area contributed by atoms with Crippen molar-refractivity contribution in [3.05, 3.63) is 23.3 Å². The highest BCUT2D eigenvalue weighted by molar-refractivity contribution is 5.95. The van der Waals surface area contributed by atoms with Gasteiger partial charge in [0.1, 0.15) is 17.8 Å². The van der Waals surface area contributed by atoms with Crippen molar-refractivity contribution in [2.45, 2.75) is 83.2 Å². The second-order valence-corrected chi connectivity index (χ2v) is 12.0. The van der Waals surface area contributed by atoms with Crippen LogP contribution in [0, 0.1) is 40.9 Å². The highest BCUT2D eigenvalue weighted by atomic mass is 16.6. The van der Waals surface area contributed by atoms with Gasteiger partial charge in [-0.3, -0.25) is 4.79 Å². The van der Waals surface area contributed by atoms with E-state index in [4.69, 9.17) is 9.47 Å². The number of allylic oxidation sites excluding steroid dienone is 1. The number of ketones is 1. The van der Waals surface area contributed by atoms with Crippen LogP contribution in [-0.4, -0.2) is 52.5 Å². The molecule has 2 heterocycles. The Morgan fingerprint density at radius 1 is 1.21 bits per heavy atom. The molecule has 0 bridgehead atoms. The molecule has 1 saturated heterocycles. The molecule has 4 fully saturated rings. The van der Waals surface area contributed by atoms with Gasteiger partial charge >= 0.3 is 5.97 Å². The molecule has 0 radical (unpaired) electrons. The summed E-state index contributed by atoms with van der Waals surface area (Å²) in [6, 6.07) is 0. The van der Waals surface area contributed by atoms with E-state index in [9.17, 15) is 19.8 Å². The lowest BCUT2D eigenvalue weighted by Crippen LogP contribution is -2.57. The van der Waals surface area contributed by atoms with Crippen LogP contribution in [0.3, 0.4) is 0 Å². The quantitative estimate of drug-likeness (QED) is 0.501. The van der Waals surface area contributed by atoms with Crippen LogP contribution in [0.4, 0.5) is 0 Å². The summed E-state index contributed by atoms with van der Waals surface area (Å²) in [5.41, 5.74) is 0.864. The maximum atomic E-state index is 13.0. The molecule has 11 atom stereocenters. The Kier molecular flexibility index (Phi) is 4.83. The van der Waals surface area contributed by atoms with Crippen LogP contribution in [0.15, 0.2) is 23.3 Å². The number of hydrogen-bond acceptors (Lipinski definition) is 6. The van der Waals surface area contributed by atoms with Gasteiger partial charge in [-0.25, -0.2) is 4.79 Å². The molecular formula is C27H36O6. The van der Waals surface area contributed by atoms with Crippen molar-refractivity contribution in [2.24, 2.45) is 40.9 Å². The average molecular weight is 457 g/mol. The molecule has 33 heavy (non-hydrogen) atoms. The number of epoxide rings is 1. The first-order valence-electron chi connectivity index (χ1n) is 12.8. The number of cyclic esters (lactones) is 1. The van der Waals surface area contributed by atoms with E-state index in [0.29, 0.717) is 29.7 Å². The number of fused-ring (bicyclic) bond motifs is 4. The predicted octanol–water partition coefficient (Wildman–Crippen LogP) is 2.96. The van der Waals surface area contributed by atoms with E-state index in [1.165, 1.54) is 0 Å². The molecule has 6 heteroatoms. The first-order valence-corrected chi connectivity index (χ1v) is 12.8. The fraction of sp³-hybridized carbons (Fsp3) is 0.778. The van der Waals surface area contributed by atoms with Gasteiger partial charge in [0.2, 0.25) is 0 Å². The summed E-state index contributed by atoms with van der Waals surface area (Å²) in [5.74, 6) is 1.55.